The number of pyridine rings is 1. The zero-order valence-electron chi connectivity index (χ0n) is 15.2. The van der Waals surface area contributed by atoms with Gasteiger partial charge in [-0.1, -0.05) is 17.8 Å². The van der Waals surface area contributed by atoms with E-state index >= 15 is 0 Å². The molecule has 0 amide bonds. The van der Waals surface area contributed by atoms with Crippen molar-refractivity contribution in [2.24, 2.45) is 0 Å². The summed E-state index contributed by atoms with van der Waals surface area (Å²) in [6.45, 7) is 3.32. The summed E-state index contributed by atoms with van der Waals surface area (Å²) < 4.78 is 12.5. The second-order valence-corrected chi connectivity index (χ2v) is 6.56. The number of thioether (sulfide) groups is 1. The van der Waals surface area contributed by atoms with Crippen LogP contribution in [-0.4, -0.2) is 45.2 Å². The average Bonchev–Trinajstić information content (AvgIpc) is 3.14. The van der Waals surface area contributed by atoms with E-state index < -0.39 is 0 Å². The molecule has 0 aliphatic heterocycles. The van der Waals surface area contributed by atoms with E-state index in [1.807, 2.05) is 18.2 Å². The molecular formula is C19H20N4O3S. The number of hydrogen-bond acceptors (Lipinski definition) is 7. The highest BCUT2D eigenvalue weighted by Crippen LogP contribution is 2.23. The van der Waals surface area contributed by atoms with Gasteiger partial charge in [-0.2, -0.15) is 0 Å². The van der Waals surface area contributed by atoms with Crippen molar-refractivity contribution in [2.45, 2.75) is 18.6 Å². The van der Waals surface area contributed by atoms with E-state index in [0.29, 0.717) is 23.7 Å². The SMILES string of the molecule is CCn1c(SCCOc2cccc(C(=O)OC)c2)nnc1-c1ccncc1. The summed E-state index contributed by atoms with van der Waals surface area (Å²) in [5, 5.41) is 9.45. The van der Waals surface area contributed by atoms with E-state index in [9.17, 15) is 4.79 Å². The number of carbonyl (C=O) groups is 1. The van der Waals surface area contributed by atoms with Crippen molar-refractivity contribution in [3.05, 3.63) is 54.4 Å². The molecule has 0 saturated carbocycles. The largest absolute Gasteiger partial charge is 0.493 e. The van der Waals surface area contributed by atoms with Crippen molar-refractivity contribution in [3.8, 4) is 17.1 Å². The second kappa shape index (κ2) is 9.18. The molecule has 3 aromatic rings. The fourth-order valence-electron chi connectivity index (χ4n) is 2.52. The quantitative estimate of drug-likeness (QED) is 0.335. The molecule has 0 bridgehead atoms. The molecule has 0 fully saturated rings. The number of benzene rings is 1. The highest BCUT2D eigenvalue weighted by Gasteiger charge is 2.13. The predicted octanol–water partition coefficient (Wildman–Crippen LogP) is 3.32. The lowest BCUT2D eigenvalue weighted by molar-refractivity contribution is 0.0600. The number of nitrogens with zero attached hydrogens (tertiary/aromatic N) is 4. The van der Waals surface area contributed by atoms with Crippen LogP contribution in [0.3, 0.4) is 0 Å². The Bertz CT molecular complexity index is 899. The van der Waals surface area contributed by atoms with Crippen molar-refractivity contribution < 1.29 is 14.3 Å². The third-order valence-electron chi connectivity index (χ3n) is 3.81. The zero-order chi connectivity index (χ0) is 19.1. The number of hydrogen-bond donors (Lipinski definition) is 0. The third kappa shape index (κ3) is 4.65. The van der Waals surface area contributed by atoms with Gasteiger partial charge in [0.05, 0.1) is 19.3 Å². The number of aromatic nitrogens is 4. The summed E-state index contributed by atoms with van der Waals surface area (Å²) in [6.07, 6.45) is 3.49. The Balaban J connectivity index is 1.58. The lowest BCUT2D eigenvalue weighted by atomic mass is 10.2. The van der Waals surface area contributed by atoms with E-state index in [0.717, 1.165) is 23.1 Å². The molecule has 0 N–H and O–H groups in total. The summed E-state index contributed by atoms with van der Waals surface area (Å²) in [7, 11) is 1.36. The molecule has 0 aliphatic carbocycles. The first-order chi connectivity index (χ1) is 13.2. The minimum atomic E-state index is -0.380. The fraction of sp³-hybridized carbons (Fsp3) is 0.263. The monoisotopic (exact) mass is 384 g/mol. The van der Waals surface area contributed by atoms with Crippen LogP contribution in [0.4, 0.5) is 0 Å². The lowest BCUT2D eigenvalue weighted by Crippen LogP contribution is -2.05. The second-order valence-electron chi connectivity index (χ2n) is 5.50. The molecule has 2 aromatic heterocycles. The Morgan fingerprint density at radius 3 is 2.74 bits per heavy atom. The first kappa shape index (κ1) is 18.9. The Labute approximate surface area is 161 Å². The summed E-state index contributed by atoms with van der Waals surface area (Å²) in [5.41, 5.74) is 1.46. The van der Waals surface area contributed by atoms with Gasteiger partial charge >= 0.3 is 5.97 Å². The van der Waals surface area contributed by atoms with E-state index in [1.165, 1.54) is 7.11 Å². The first-order valence-electron chi connectivity index (χ1n) is 8.50. The summed E-state index contributed by atoms with van der Waals surface area (Å²) in [6, 6.07) is 10.8. The van der Waals surface area contributed by atoms with Crippen molar-refractivity contribution in [1.29, 1.82) is 0 Å². The van der Waals surface area contributed by atoms with Crippen LogP contribution < -0.4 is 4.74 Å². The normalized spacial score (nSPS) is 10.6. The maximum absolute atomic E-state index is 11.6. The van der Waals surface area contributed by atoms with Crippen LogP contribution in [0.2, 0.25) is 0 Å². The van der Waals surface area contributed by atoms with Gasteiger partial charge in [0.15, 0.2) is 11.0 Å². The van der Waals surface area contributed by atoms with Crippen molar-refractivity contribution in [2.75, 3.05) is 19.5 Å². The number of esters is 1. The number of rotatable bonds is 8. The molecule has 0 aliphatic rings. The number of ether oxygens (including phenoxy) is 2. The van der Waals surface area contributed by atoms with Crippen molar-refractivity contribution >= 4 is 17.7 Å². The Kier molecular flexibility index (Phi) is 6.43. The summed E-state index contributed by atoms with van der Waals surface area (Å²) in [5.74, 6) is 1.79. The molecule has 7 nitrogen and oxygen atoms in total. The maximum atomic E-state index is 11.6. The molecular weight excluding hydrogens is 364 g/mol. The van der Waals surface area contributed by atoms with Gasteiger partial charge in [-0.3, -0.25) is 4.98 Å². The Morgan fingerprint density at radius 1 is 1.19 bits per heavy atom. The van der Waals surface area contributed by atoms with E-state index in [-0.39, 0.29) is 5.97 Å². The fourth-order valence-corrected chi connectivity index (χ4v) is 3.34. The zero-order valence-corrected chi connectivity index (χ0v) is 16.0. The van der Waals surface area contributed by atoms with Gasteiger partial charge in [0.25, 0.3) is 0 Å². The molecule has 0 radical (unpaired) electrons. The van der Waals surface area contributed by atoms with Crippen LogP contribution in [0.5, 0.6) is 5.75 Å². The Morgan fingerprint density at radius 2 is 2.00 bits per heavy atom. The van der Waals surface area contributed by atoms with Crippen molar-refractivity contribution in [1.82, 2.24) is 19.7 Å². The van der Waals surface area contributed by atoms with Crippen LogP contribution in [0, 0.1) is 0 Å². The van der Waals surface area contributed by atoms with Gasteiger partial charge in [-0.25, -0.2) is 4.79 Å². The minimum Gasteiger partial charge on any atom is -0.493 e. The third-order valence-corrected chi connectivity index (χ3v) is 4.74. The highest BCUT2D eigenvalue weighted by atomic mass is 32.2. The molecule has 3 rings (SSSR count). The molecule has 8 heteroatoms. The smallest absolute Gasteiger partial charge is 0.337 e. The maximum Gasteiger partial charge on any atom is 0.337 e. The van der Waals surface area contributed by atoms with E-state index in [2.05, 4.69) is 26.7 Å². The van der Waals surface area contributed by atoms with E-state index in [4.69, 9.17) is 9.47 Å². The van der Waals surface area contributed by atoms with Crippen LogP contribution >= 0.6 is 11.8 Å². The van der Waals surface area contributed by atoms with Gasteiger partial charge in [0.2, 0.25) is 0 Å². The summed E-state index contributed by atoms with van der Waals surface area (Å²) in [4.78, 5) is 15.6. The van der Waals surface area contributed by atoms with Crippen molar-refractivity contribution in [3.63, 3.8) is 0 Å². The van der Waals surface area contributed by atoms with Gasteiger partial charge in [-0.05, 0) is 37.3 Å². The highest BCUT2D eigenvalue weighted by molar-refractivity contribution is 7.99. The summed E-state index contributed by atoms with van der Waals surface area (Å²) >= 11 is 1.58. The molecule has 27 heavy (non-hydrogen) atoms. The minimum absolute atomic E-state index is 0.380. The standard InChI is InChI=1S/C19H20N4O3S/c1-3-23-17(14-7-9-20-10-8-14)21-22-19(23)27-12-11-26-16-6-4-5-15(13-16)18(24)25-2/h4-10,13H,3,11-12H2,1-2H3. The van der Waals surface area contributed by atoms with Gasteiger partial charge < -0.3 is 14.0 Å². The molecule has 0 saturated heterocycles. The van der Waals surface area contributed by atoms with Gasteiger partial charge in [0.1, 0.15) is 5.75 Å². The molecule has 140 valence electrons. The molecule has 0 unspecified atom stereocenters. The molecule has 1 aromatic carbocycles. The first-order valence-corrected chi connectivity index (χ1v) is 9.49. The lowest BCUT2D eigenvalue weighted by Gasteiger charge is -2.09. The van der Waals surface area contributed by atoms with Gasteiger partial charge in [0, 0.05) is 30.3 Å². The topological polar surface area (TPSA) is 79.1 Å². The Hall–Kier alpha value is -2.87. The van der Waals surface area contributed by atoms with Crippen LogP contribution in [0.1, 0.15) is 17.3 Å². The molecule has 2 heterocycles. The van der Waals surface area contributed by atoms with Gasteiger partial charge in [-0.15, -0.1) is 10.2 Å². The average molecular weight is 384 g/mol. The molecule has 0 spiro atoms. The number of methoxy groups -OCH3 is 1. The van der Waals surface area contributed by atoms with E-state index in [1.54, 1.807) is 42.4 Å². The molecule has 0 atom stereocenters. The predicted molar refractivity (Wildman–Crippen MR) is 103 cm³/mol. The number of carbonyl (C=O) groups excluding carboxylic acids is 1. The van der Waals surface area contributed by atoms with Crippen LogP contribution in [0.25, 0.3) is 11.4 Å². The van der Waals surface area contributed by atoms with Crippen LogP contribution in [0.15, 0.2) is 53.9 Å². The van der Waals surface area contributed by atoms with Crippen LogP contribution in [-0.2, 0) is 11.3 Å².